The third-order valence-electron chi connectivity index (χ3n) is 3.07. The van der Waals surface area contributed by atoms with E-state index in [1.54, 1.807) is 33.1 Å². The molecule has 6 nitrogen and oxygen atoms in total. The van der Waals surface area contributed by atoms with Gasteiger partial charge in [-0.3, -0.25) is 4.68 Å². The van der Waals surface area contributed by atoms with Crippen molar-refractivity contribution in [3.63, 3.8) is 0 Å². The van der Waals surface area contributed by atoms with Crippen LogP contribution in [0.3, 0.4) is 0 Å². The second kappa shape index (κ2) is 5.83. The summed E-state index contributed by atoms with van der Waals surface area (Å²) in [4.78, 5) is 0. The van der Waals surface area contributed by atoms with Crippen LogP contribution in [0, 0.1) is 0 Å². The van der Waals surface area contributed by atoms with Crippen molar-refractivity contribution >= 4 is 5.82 Å². The smallest absolute Gasteiger partial charge is 0.166 e. The highest BCUT2D eigenvalue weighted by molar-refractivity contribution is 5.68. The monoisotopic (exact) mass is 277 g/mol. The van der Waals surface area contributed by atoms with Gasteiger partial charge >= 0.3 is 0 Å². The number of hydrogen-bond acceptors (Lipinski definition) is 5. The lowest BCUT2D eigenvalue weighted by Crippen LogP contribution is -1.99. The molecule has 1 aromatic heterocycles. The number of aromatic nitrogens is 2. The lowest BCUT2D eigenvalue weighted by atomic mass is 10.1. The summed E-state index contributed by atoms with van der Waals surface area (Å²) in [5.41, 5.74) is 8.40. The first-order valence-corrected chi connectivity index (χ1v) is 6.14. The van der Waals surface area contributed by atoms with Crippen molar-refractivity contribution in [2.75, 3.05) is 27.1 Å². The number of hydrogen-bond donors (Lipinski definition) is 1. The first kappa shape index (κ1) is 14.2. The lowest BCUT2D eigenvalue weighted by Gasteiger charge is -2.14. The van der Waals surface area contributed by atoms with Gasteiger partial charge in [0.05, 0.1) is 26.5 Å². The predicted molar refractivity (Wildman–Crippen MR) is 76.9 cm³/mol. The summed E-state index contributed by atoms with van der Waals surface area (Å²) in [6, 6.07) is 5.66. The number of nitrogens with two attached hydrogens (primary N) is 1. The third kappa shape index (κ3) is 2.55. The Hall–Kier alpha value is -2.21. The fourth-order valence-electron chi connectivity index (χ4n) is 2.08. The molecule has 0 fully saturated rings. The van der Waals surface area contributed by atoms with Gasteiger partial charge in [0.25, 0.3) is 0 Å². The van der Waals surface area contributed by atoms with E-state index in [1.807, 2.05) is 18.2 Å². The Morgan fingerprint density at radius 2 is 1.90 bits per heavy atom. The SMILES string of the molecule is COCc1cc(-c2cc(N)n(C)n2)cc(OC)c1OC. The van der Waals surface area contributed by atoms with Gasteiger partial charge in [-0.05, 0) is 12.1 Å². The van der Waals surface area contributed by atoms with Gasteiger partial charge in [0.2, 0.25) is 0 Å². The summed E-state index contributed by atoms with van der Waals surface area (Å²) >= 11 is 0. The molecule has 6 heteroatoms. The van der Waals surface area contributed by atoms with Gasteiger partial charge < -0.3 is 19.9 Å². The molecule has 0 bridgehead atoms. The zero-order chi connectivity index (χ0) is 14.7. The van der Waals surface area contributed by atoms with Gasteiger partial charge in [0.1, 0.15) is 5.82 Å². The van der Waals surface area contributed by atoms with Crippen LogP contribution in [0.2, 0.25) is 0 Å². The van der Waals surface area contributed by atoms with E-state index in [1.165, 1.54) is 0 Å². The van der Waals surface area contributed by atoms with Crippen LogP contribution in [-0.4, -0.2) is 31.1 Å². The molecule has 0 unspecified atom stereocenters. The first-order valence-electron chi connectivity index (χ1n) is 6.14. The number of nitrogen functional groups attached to an aromatic ring is 1. The summed E-state index contributed by atoms with van der Waals surface area (Å²) in [6.07, 6.45) is 0. The molecule has 0 atom stereocenters. The topological polar surface area (TPSA) is 71.5 Å². The van der Waals surface area contributed by atoms with Gasteiger partial charge in [-0.25, -0.2) is 0 Å². The molecule has 20 heavy (non-hydrogen) atoms. The Balaban J connectivity index is 2.56. The van der Waals surface area contributed by atoms with Crippen LogP contribution in [-0.2, 0) is 18.4 Å². The van der Waals surface area contributed by atoms with Crippen molar-refractivity contribution in [2.45, 2.75) is 6.61 Å². The molecule has 2 N–H and O–H groups in total. The number of methoxy groups -OCH3 is 3. The molecule has 108 valence electrons. The minimum absolute atomic E-state index is 0.426. The number of aryl methyl sites for hydroxylation is 1. The van der Waals surface area contributed by atoms with E-state index >= 15 is 0 Å². The number of anilines is 1. The van der Waals surface area contributed by atoms with Crippen molar-refractivity contribution in [3.05, 3.63) is 23.8 Å². The number of ether oxygens (including phenoxy) is 3. The highest BCUT2D eigenvalue weighted by Gasteiger charge is 2.15. The summed E-state index contributed by atoms with van der Waals surface area (Å²) in [5, 5.41) is 4.37. The average Bonchev–Trinajstić information content (AvgIpc) is 2.78. The van der Waals surface area contributed by atoms with E-state index < -0.39 is 0 Å². The first-order chi connectivity index (χ1) is 9.60. The van der Waals surface area contributed by atoms with Gasteiger partial charge in [0.15, 0.2) is 11.5 Å². The predicted octanol–water partition coefficient (Wildman–Crippen LogP) is 1.83. The Kier molecular flexibility index (Phi) is 4.14. The third-order valence-corrected chi connectivity index (χ3v) is 3.07. The molecule has 0 aliphatic rings. The number of benzene rings is 1. The highest BCUT2D eigenvalue weighted by atomic mass is 16.5. The van der Waals surface area contributed by atoms with Crippen LogP contribution in [0.4, 0.5) is 5.82 Å². The van der Waals surface area contributed by atoms with Gasteiger partial charge in [-0.2, -0.15) is 5.10 Å². The van der Waals surface area contributed by atoms with Crippen LogP contribution in [0.25, 0.3) is 11.3 Å². The van der Waals surface area contributed by atoms with Crippen molar-refractivity contribution < 1.29 is 14.2 Å². The molecular formula is C14H19N3O3. The largest absolute Gasteiger partial charge is 0.493 e. The Morgan fingerprint density at radius 3 is 2.40 bits per heavy atom. The van der Waals surface area contributed by atoms with E-state index in [2.05, 4.69) is 5.10 Å². The average molecular weight is 277 g/mol. The number of nitrogens with zero attached hydrogens (tertiary/aromatic N) is 2. The standard InChI is InChI=1S/C14H19N3O3/c1-17-13(15)7-11(16-17)9-5-10(8-18-2)14(20-4)12(6-9)19-3/h5-7H,8,15H2,1-4H3. The van der Waals surface area contributed by atoms with Crippen LogP contribution in [0.5, 0.6) is 11.5 Å². The lowest BCUT2D eigenvalue weighted by molar-refractivity contribution is 0.181. The van der Waals surface area contributed by atoms with E-state index in [0.717, 1.165) is 16.8 Å². The molecule has 2 rings (SSSR count). The molecule has 1 aromatic carbocycles. The maximum Gasteiger partial charge on any atom is 0.166 e. The fraction of sp³-hybridized carbons (Fsp3) is 0.357. The van der Waals surface area contributed by atoms with Gasteiger partial charge in [-0.1, -0.05) is 0 Å². The zero-order valence-electron chi connectivity index (χ0n) is 12.1. The molecule has 1 heterocycles. The Bertz CT molecular complexity index is 588. The van der Waals surface area contributed by atoms with Crippen LogP contribution < -0.4 is 15.2 Å². The molecule has 0 radical (unpaired) electrons. The molecule has 0 amide bonds. The van der Waals surface area contributed by atoms with Crippen molar-refractivity contribution in [3.8, 4) is 22.8 Å². The zero-order valence-corrected chi connectivity index (χ0v) is 12.1. The van der Waals surface area contributed by atoms with Crippen molar-refractivity contribution in [1.82, 2.24) is 9.78 Å². The van der Waals surface area contributed by atoms with Crippen LogP contribution in [0.1, 0.15) is 5.56 Å². The minimum atomic E-state index is 0.426. The summed E-state index contributed by atoms with van der Waals surface area (Å²) in [7, 11) is 6.65. The molecule has 0 saturated carbocycles. The second-order valence-corrected chi connectivity index (χ2v) is 4.38. The van der Waals surface area contributed by atoms with Gasteiger partial charge in [-0.15, -0.1) is 0 Å². The number of rotatable bonds is 5. The highest BCUT2D eigenvalue weighted by Crippen LogP contribution is 2.36. The fourth-order valence-corrected chi connectivity index (χ4v) is 2.08. The second-order valence-electron chi connectivity index (χ2n) is 4.38. The van der Waals surface area contributed by atoms with E-state index in [4.69, 9.17) is 19.9 Å². The molecule has 2 aromatic rings. The maximum absolute atomic E-state index is 5.82. The molecule has 0 saturated heterocycles. The van der Waals surface area contributed by atoms with Crippen LogP contribution in [0.15, 0.2) is 18.2 Å². The minimum Gasteiger partial charge on any atom is -0.493 e. The van der Waals surface area contributed by atoms with E-state index in [-0.39, 0.29) is 0 Å². The quantitative estimate of drug-likeness (QED) is 0.902. The maximum atomic E-state index is 5.82. The summed E-state index contributed by atoms with van der Waals surface area (Å²) in [6.45, 7) is 0.426. The van der Waals surface area contributed by atoms with Crippen molar-refractivity contribution in [1.29, 1.82) is 0 Å². The summed E-state index contributed by atoms with van der Waals surface area (Å²) < 4.78 is 17.6. The Labute approximate surface area is 118 Å². The van der Waals surface area contributed by atoms with Gasteiger partial charge in [0, 0.05) is 31.4 Å². The van der Waals surface area contributed by atoms with Crippen molar-refractivity contribution in [2.24, 2.45) is 7.05 Å². The van der Waals surface area contributed by atoms with E-state index in [9.17, 15) is 0 Å². The van der Waals surface area contributed by atoms with E-state index in [0.29, 0.717) is 23.9 Å². The summed E-state index contributed by atoms with van der Waals surface area (Å²) in [5.74, 6) is 1.91. The normalized spacial score (nSPS) is 10.6. The molecule has 0 aliphatic heterocycles. The molecule has 0 aliphatic carbocycles. The Morgan fingerprint density at radius 1 is 1.15 bits per heavy atom. The molecular weight excluding hydrogens is 258 g/mol. The molecule has 0 spiro atoms. The van der Waals surface area contributed by atoms with Crippen LogP contribution >= 0.6 is 0 Å².